The van der Waals surface area contributed by atoms with Crippen molar-refractivity contribution in [2.45, 2.75) is 19.6 Å². The van der Waals surface area contributed by atoms with Crippen LogP contribution in [0.5, 0.6) is 0 Å². The van der Waals surface area contributed by atoms with E-state index in [1.54, 1.807) is 48.9 Å². The molecule has 2 aliphatic rings. The number of aromatic nitrogens is 4. The van der Waals surface area contributed by atoms with Gasteiger partial charge in [0.05, 0.1) is 12.1 Å². The Hall–Kier alpha value is -3.78. The number of carbonyl (C=O) groups excluding carboxylic acids is 1. The van der Waals surface area contributed by atoms with E-state index in [2.05, 4.69) is 15.3 Å². The number of halogens is 1. The minimum Gasteiger partial charge on any atom is -0.350 e. The van der Waals surface area contributed by atoms with Crippen LogP contribution in [0.2, 0.25) is 5.02 Å². The highest BCUT2D eigenvalue weighted by atomic mass is 35.5. The molecule has 1 N–H and O–H groups in total. The monoisotopic (exact) mass is 435 g/mol. The first-order chi connectivity index (χ1) is 15.0. The second-order valence-electron chi connectivity index (χ2n) is 6.88. The Labute approximate surface area is 182 Å². The van der Waals surface area contributed by atoms with Gasteiger partial charge in [-0.05, 0) is 41.5 Å². The second-order valence-corrected chi connectivity index (χ2v) is 7.29. The van der Waals surface area contributed by atoms with E-state index in [0.29, 0.717) is 5.02 Å². The van der Waals surface area contributed by atoms with E-state index in [0.717, 1.165) is 15.7 Å². The Morgan fingerprint density at radius 3 is 2.58 bits per heavy atom. The van der Waals surface area contributed by atoms with Crippen molar-refractivity contribution in [3.63, 3.8) is 0 Å². The molecule has 4 rings (SSSR count). The molecule has 0 aliphatic carbocycles. The van der Waals surface area contributed by atoms with Gasteiger partial charge in [0.1, 0.15) is 6.54 Å². The van der Waals surface area contributed by atoms with Gasteiger partial charge in [0.25, 0.3) is 5.56 Å². The van der Waals surface area contributed by atoms with Gasteiger partial charge in [-0.25, -0.2) is 4.79 Å². The molecule has 2 aliphatic heterocycles. The first-order valence-electron chi connectivity index (χ1n) is 9.52. The Balaban J connectivity index is 1.58. The summed E-state index contributed by atoms with van der Waals surface area (Å²) in [4.78, 5) is 45.9. The molecule has 8 nitrogen and oxygen atoms in total. The lowest BCUT2D eigenvalue weighted by atomic mass is 10.2. The van der Waals surface area contributed by atoms with Gasteiger partial charge in [0, 0.05) is 30.2 Å². The molecule has 9 heteroatoms. The van der Waals surface area contributed by atoms with Crippen LogP contribution in [-0.4, -0.2) is 25.0 Å². The third-order valence-electron chi connectivity index (χ3n) is 4.79. The van der Waals surface area contributed by atoms with Crippen molar-refractivity contribution in [1.29, 1.82) is 0 Å². The third-order valence-corrected chi connectivity index (χ3v) is 5.16. The molecule has 0 saturated heterocycles. The molecule has 0 fully saturated rings. The van der Waals surface area contributed by atoms with Crippen LogP contribution in [-0.2, 0) is 24.4 Å². The van der Waals surface area contributed by atoms with Gasteiger partial charge in [-0.15, -0.1) is 0 Å². The van der Waals surface area contributed by atoms with Crippen LogP contribution in [0.3, 0.4) is 0 Å². The summed E-state index contributed by atoms with van der Waals surface area (Å²) in [6.45, 7) is 0.265. The van der Waals surface area contributed by atoms with Crippen LogP contribution < -0.4 is 16.6 Å². The first kappa shape index (κ1) is 20.5. The summed E-state index contributed by atoms with van der Waals surface area (Å²) in [6, 6.07) is 13.9. The zero-order chi connectivity index (χ0) is 21.8. The fourth-order valence-electron chi connectivity index (χ4n) is 3.20. The number of pyridine rings is 2. The van der Waals surface area contributed by atoms with E-state index < -0.39 is 11.2 Å². The summed E-state index contributed by atoms with van der Waals surface area (Å²) < 4.78 is 2.55. The third kappa shape index (κ3) is 4.54. The van der Waals surface area contributed by atoms with E-state index in [9.17, 15) is 14.4 Å². The quantitative estimate of drug-likeness (QED) is 0.499. The lowest BCUT2D eigenvalue weighted by Gasteiger charge is -2.15. The van der Waals surface area contributed by atoms with E-state index in [-0.39, 0.29) is 36.9 Å². The lowest BCUT2D eigenvalue weighted by molar-refractivity contribution is -0.121. The molecule has 0 bridgehead atoms. The van der Waals surface area contributed by atoms with Gasteiger partial charge >= 0.3 is 5.69 Å². The zero-order valence-electron chi connectivity index (χ0n) is 16.4. The van der Waals surface area contributed by atoms with Crippen LogP contribution in [0, 0.1) is 0 Å². The van der Waals surface area contributed by atoms with Gasteiger partial charge in [0.15, 0.2) is 5.82 Å². The summed E-state index contributed by atoms with van der Waals surface area (Å²) in [5, 5.41) is 3.35. The SMILES string of the molecule is O=C(Cn1cccc2c(=O)n(Cc3ccncc3)c(=O)nc1-2)NCc1ccccc1Cl. The summed E-state index contributed by atoms with van der Waals surface area (Å²) in [5.74, 6) is -0.135. The highest BCUT2D eigenvalue weighted by Crippen LogP contribution is 2.15. The molecule has 1 aromatic heterocycles. The van der Waals surface area contributed by atoms with Crippen molar-refractivity contribution >= 4 is 17.5 Å². The fourth-order valence-corrected chi connectivity index (χ4v) is 3.40. The van der Waals surface area contributed by atoms with Crippen LogP contribution in [0.25, 0.3) is 11.4 Å². The van der Waals surface area contributed by atoms with Crippen LogP contribution in [0.4, 0.5) is 0 Å². The number of nitrogens with one attached hydrogen (secondary N) is 1. The Morgan fingerprint density at radius 2 is 1.81 bits per heavy atom. The molecular formula is C22H18ClN5O3. The highest BCUT2D eigenvalue weighted by molar-refractivity contribution is 6.31. The Kier molecular flexibility index (Phi) is 5.90. The maximum atomic E-state index is 12.9. The zero-order valence-corrected chi connectivity index (χ0v) is 17.1. The Morgan fingerprint density at radius 1 is 1.03 bits per heavy atom. The number of nitrogens with zero attached hydrogens (tertiary/aromatic N) is 4. The minimum absolute atomic E-state index is 0.0936. The summed E-state index contributed by atoms with van der Waals surface area (Å²) in [7, 11) is 0. The number of hydrogen-bond acceptors (Lipinski definition) is 5. The fraction of sp³-hybridized carbons (Fsp3) is 0.136. The van der Waals surface area contributed by atoms with Gasteiger partial charge in [0.2, 0.25) is 5.91 Å². The van der Waals surface area contributed by atoms with E-state index >= 15 is 0 Å². The van der Waals surface area contributed by atoms with E-state index in [1.165, 1.54) is 4.57 Å². The molecule has 0 saturated carbocycles. The Bertz CT molecular complexity index is 1320. The molecule has 156 valence electrons. The number of hydrogen-bond donors (Lipinski definition) is 1. The summed E-state index contributed by atoms with van der Waals surface area (Å²) in [6.07, 6.45) is 4.79. The smallest absolute Gasteiger partial charge is 0.350 e. The highest BCUT2D eigenvalue weighted by Gasteiger charge is 2.18. The standard InChI is InChI=1S/C22H18ClN5O3/c23-18-6-2-1-4-16(18)12-25-19(29)14-27-11-3-5-17-20(27)26-22(31)28(21(17)30)13-15-7-9-24-10-8-15/h1-11H,12-14H2,(H,25,29). The number of benzene rings is 1. The van der Waals surface area contributed by atoms with Gasteiger partial charge in [-0.1, -0.05) is 29.8 Å². The number of carbonyl (C=O) groups is 1. The largest absolute Gasteiger partial charge is 0.352 e. The molecule has 1 aromatic carbocycles. The lowest BCUT2D eigenvalue weighted by Crippen LogP contribution is -2.38. The molecule has 3 heterocycles. The number of rotatable bonds is 6. The number of fused-ring (bicyclic) bond motifs is 1. The van der Waals surface area contributed by atoms with Crippen LogP contribution in [0.1, 0.15) is 11.1 Å². The normalized spacial score (nSPS) is 10.9. The van der Waals surface area contributed by atoms with Gasteiger partial charge in [-0.3, -0.25) is 19.1 Å². The van der Waals surface area contributed by atoms with E-state index in [1.807, 2.05) is 18.2 Å². The first-order valence-corrected chi connectivity index (χ1v) is 9.90. The molecular weight excluding hydrogens is 418 g/mol. The predicted molar refractivity (Wildman–Crippen MR) is 116 cm³/mol. The molecule has 0 spiro atoms. The molecule has 0 unspecified atom stereocenters. The van der Waals surface area contributed by atoms with Crippen molar-refractivity contribution < 1.29 is 4.79 Å². The van der Waals surface area contributed by atoms with Crippen LogP contribution >= 0.6 is 11.6 Å². The number of amides is 1. The predicted octanol–water partition coefficient (Wildman–Crippen LogP) is 1.92. The van der Waals surface area contributed by atoms with Crippen molar-refractivity contribution in [2.24, 2.45) is 0 Å². The van der Waals surface area contributed by atoms with Crippen molar-refractivity contribution in [1.82, 2.24) is 24.4 Å². The second kappa shape index (κ2) is 8.93. The maximum absolute atomic E-state index is 12.9. The van der Waals surface area contributed by atoms with Crippen molar-refractivity contribution in [3.05, 3.63) is 104 Å². The van der Waals surface area contributed by atoms with Crippen LogP contribution in [0.15, 0.2) is 76.7 Å². The average Bonchev–Trinajstić information content (AvgIpc) is 2.77. The molecule has 0 atom stereocenters. The topological polar surface area (TPSA) is 98.9 Å². The molecule has 0 radical (unpaired) electrons. The molecule has 1 amide bonds. The molecule has 2 aromatic rings. The van der Waals surface area contributed by atoms with Gasteiger partial charge < -0.3 is 9.88 Å². The molecule has 31 heavy (non-hydrogen) atoms. The van der Waals surface area contributed by atoms with Crippen molar-refractivity contribution in [2.75, 3.05) is 0 Å². The summed E-state index contributed by atoms with van der Waals surface area (Å²) >= 11 is 6.11. The van der Waals surface area contributed by atoms with E-state index in [4.69, 9.17) is 11.6 Å². The van der Waals surface area contributed by atoms with Crippen molar-refractivity contribution in [3.8, 4) is 11.4 Å². The minimum atomic E-state index is -0.675. The average molecular weight is 436 g/mol. The van der Waals surface area contributed by atoms with Gasteiger partial charge in [-0.2, -0.15) is 4.98 Å². The summed E-state index contributed by atoms with van der Waals surface area (Å²) in [5.41, 5.74) is 0.677. The maximum Gasteiger partial charge on any atom is 0.352 e.